The van der Waals surface area contributed by atoms with E-state index in [-0.39, 0.29) is 17.5 Å². The molecule has 1 amide bonds. The van der Waals surface area contributed by atoms with Gasteiger partial charge >= 0.3 is 0 Å². The van der Waals surface area contributed by atoms with Crippen LogP contribution < -0.4 is 10.9 Å². The summed E-state index contributed by atoms with van der Waals surface area (Å²) in [5.41, 5.74) is 3.73. The van der Waals surface area contributed by atoms with Crippen LogP contribution in [0.4, 0.5) is 0 Å². The lowest BCUT2D eigenvalue weighted by Crippen LogP contribution is -2.37. The van der Waals surface area contributed by atoms with Crippen molar-refractivity contribution in [1.29, 1.82) is 0 Å². The number of pyridine rings is 1. The monoisotopic (exact) mass is 328 g/mol. The maximum atomic E-state index is 12.3. The minimum atomic E-state index is -0.139. The Morgan fingerprint density at radius 3 is 2.50 bits per heavy atom. The molecule has 1 aromatic carbocycles. The first kappa shape index (κ1) is 17.9. The number of rotatable bonds is 6. The lowest BCUT2D eigenvalue weighted by atomic mass is 10.0. The van der Waals surface area contributed by atoms with Crippen molar-refractivity contribution >= 4 is 5.91 Å². The molecule has 24 heavy (non-hydrogen) atoms. The smallest absolute Gasteiger partial charge is 0.256 e. The van der Waals surface area contributed by atoms with Gasteiger partial charge in [-0.3, -0.25) is 9.59 Å². The Balaban J connectivity index is 2.20. The van der Waals surface area contributed by atoms with Crippen molar-refractivity contribution in [3.05, 3.63) is 57.5 Å². The van der Waals surface area contributed by atoms with Gasteiger partial charge in [-0.15, -0.1) is 0 Å². The van der Waals surface area contributed by atoms with Gasteiger partial charge in [0.2, 0.25) is 0 Å². The second kappa shape index (κ2) is 7.93. The molecule has 1 aromatic heterocycles. The normalized spacial score (nSPS) is 12.0. The number of amides is 1. The zero-order valence-corrected chi connectivity index (χ0v) is 14.6. The van der Waals surface area contributed by atoms with Crippen LogP contribution in [0.1, 0.15) is 35.0 Å². The third-order valence-electron chi connectivity index (χ3n) is 4.15. The minimum absolute atomic E-state index is 0.00947. The van der Waals surface area contributed by atoms with Gasteiger partial charge in [0.05, 0.1) is 12.6 Å². The largest absolute Gasteiger partial charge is 0.383 e. The highest BCUT2D eigenvalue weighted by Gasteiger charge is 2.13. The summed E-state index contributed by atoms with van der Waals surface area (Å²) in [6.45, 7) is 6.31. The summed E-state index contributed by atoms with van der Waals surface area (Å²) in [4.78, 5) is 27.2. The molecular formula is C19H24N2O3. The summed E-state index contributed by atoms with van der Waals surface area (Å²) < 4.78 is 5.09. The number of carbonyl (C=O) groups excluding carboxylic acids is 1. The second-order valence-electron chi connectivity index (χ2n) is 5.93. The molecule has 5 nitrogen and oxygen atoms in total. The maximum absolute atomic E-state index is 12.3. The summed E-state index contributed by atoms with van der Waals surface area (Å²) in [6.07, 6.45) is 0.801. The lowest BCUT2D eigenvalue weighted by Gasteiger charge is -2.16. The molecule has 0 aliphatic heterocycles. The summed E-state index contributed by atoms with van der Waals surface area (Å²) in [6, 6.07) is 8.92. The molecule has 1 atom stereocenters. The summed E-state index contributed by atoms with van der Waals surface area (Å²) >= 11 is 0. The van der Waals surface area contributed by atoms with Gasteiger partial charge < -0.3 is 15.0 Å². The number of carbonyl (C=O) groups is 1. The van der Waals surface area contributed by atoms with Crippen LogP contribution in [0.25, 0.3) is 11.1 Å². The standard InChI is InChI=1S/C19H24N2O3/c1-5-16(11-24-4)21-18(22)15-8-6-14(7-9-15)17-10-12(2)13(3)20-19(17)23/h6-10,16H,5,11H2,1-4H3,(H,20,23)(H,21,22). The summed E-state index contributed by atoms with van der Waals surface area (Å²) in [5.74, 6) is -0.139. The van der Waals surface area contributed by atoms with Crippen LogP contribution in [0, 0.1) is 13.8 Å². The molecule has 2 rings (SSSR count). The Bertz CT molecular complexity index is 763. The minimum Gasteiger partial charge on any atom is -0.383 e. The number of benzene rings is 1. The molecule has 1 heterocycles. The maximum Gasteiger partial charge on any atom is 0.256 e. The van der Waals surface area contributed by atoms with Gasteiger partial charge in [0.1, 0.15) is 0 Å². The highest BCUT2D eigenvalue weighted by molar-refractivity contribution is 5.94. The predicted molar refractivity (Wildman–Crippen MR) is 95.4 cm³/mol. The first-order valence-corrected chi connectivity index (χ1v) is 8.07. The van der Waals surface area contributed by atoms with E-state index in [1.54, 1.807) is 31.4 Å². The molecule has 0 bridgehead atoms. The number of hydrogen-bond acceptors (Lipinski definition) is 3. The van der Waals surface area contributed by atoms with Crippen molar-refractivity contribution in [2.45, 2.75) is 33.2 Å². The van der Waals surface area contributed by atoms with Crippen LogP contribution >= 0.6 is 0 Å². The van der Waals surface area contributed by atoms with Crippen LogP contribution in [-0.4, -0.2) is 30.6 Å². The van der Waals surface area contributed by atoms with Crippen LogP contribution in [0.3, 0.4) is 0 Å². The Hall–Kier alpha value is -2.40. The van der Waals surface area contributed by atoms with E-state index in [1.165, 1.54) is 0 Å². The number of ether oxygens (including phenoxy) is 1. The number of hydrogen-bond donors (Lipinski definition) is 2. The first-order chi connectivity index (χ1) is 11.5. The number of H-pyrrole nitrogens is 1. The molecule has 0 fully saturated rings. The highest BCUT2D eigenvalue weighted by atomic mass is 16.5. The van der Waals surface area contributed by atoms with Crippen LogP contribution in [0.15, 0.2) is 35.1 Å². The van der Waals surface area contributed by atoms with E-state index in [1.807, 2.05) is 26.8 Å². The van der Waals surface area contributed by atoms with Crippen molar-refractivity contribution in [3.8, 4) is 11.1 Å². The van der Waals surface area contributed by atoms with E-state index in [9.17, 15) is 9.59 Å². The fraction of sp³-hybridized carbons (Fsp3) is 0.368. The topological polar surface area (TPSA) is 71.2 Å². The Labute approximate surface area is 142 Å². The first-order valence-electron chi connectivity index (χ1n) is 8.07. The van der Waals surface area contributed by atoms with Gasteiger partial charge in [0, 0.05) is 23.9 Å². The van der Waals surface area contributed by atoms with Crippen molar-refractivity contribution in [2.24, 2.45) is 0 Å². The SMILES string of the molecule is CCC(COC)NC(=O)c1ccc(-c2cc(C)c(C)[nH]c2=O)cc1. The Morgan fingerprint density at radius 2 is 1.92 bits per heavy atom. The van der Waals surface area contributed by atoms with E-state index in [2.05, 4.69) is 10.3 Å². The average Bonchev–Trinajstić information content (AvgIpc) is 2.57. The molecule has 0 aliphatic carbocycles. The molecule has 2 N–H and O–H groups in total. The summed E-state index contributed by atoms with van der Waals surface area (Å²) in [5, 5.41) is 2.94. The third kappa shape index (κ3) is 4.11. The lowest BCUT2D eigenvalue weighted by molar-refractivity contribution is 0.0894. The van der Waals surface area contributed by atoms with Gasteiger partial charge in [0.25, 0.3) is 11.5 Å². The summed E-state index contributed by atoms with van der Waals surface area (Å²) in [7, 11) is 1.62. The molecule has 0 spiro atoms. The van der Waals surface area contributed by atoms with E-state index in [0.29, 0.717) is 17.7 Å². The van der Waals surface area contributed by atoms with Gasteiger partial charge in [-0.1, -0.05) is 19.1 Å². The molecule has 0 saturated heterocycles. The quantitative estimate of drug-likeness (QED) is 0.856. The van der Waals surface area contributed by atoms with Crippen LogP contribution in [-0.2, 0) is 4.74 Å². The molecule has 5 heteroatoms. The van der Waals surface area contributed by atoms with Crippen molar-refractivity contribution in [3.63, 3.8) is 0 Å². The predicted octanol–water partition coefficient (Wildman–Crippen LogP) is 2.81. The van der Waals surface area contributed by atoms with Gasteiger partial charge in [-0.05, 0) is 49.6 Å². The number of aromatic amines is 1. The zero-order valence-electron chi connectivity index (χ0n) is 14.6. The van der Waals surface area contributed by atoms with E-state index in [4.69, 9.17) is 4.74 Å². The Kier molecular flexibility index (Phi) is 5.93. The third-order valence-corrected chi connectivity index (χ3v) is 4.15. The average molecular weight is 328 g/mol. The number of methoxy groups -OCH3 is 1. The van der Waals surface area contributed by atoms with Gasteiger partial charge in [-0.2, -0.15) is 0 Å². The van der Waals surface area contributed by atoms with Gasteiger partial charge in [0.15, 0.2) is 0 Å². The molecule has 1 unspecified atom stereocenters. The zero-order chi connectivity index (χ0) is 17.7. The molecule has 0 aliphatic rings. The van der Waals surface area contributed by atoms with E-state index < -0.39 is 0 Å². The molecule has 0 radical (unpaired) electrons. The fourth-order valence-corrected chi connectivity index (χ4v) is 2.47. The van der Waals surface area contributed by atoms with Crippen molar-refractivity contribution < 1.29 is 9.53 Å². The van der Waals surface area contributed by atoms with Crippen molar-refractivity contribution in [1.82, 2.24) is 10.3 Å². The van der Waals surface area contributed by atoms with Crippen molar-refractivity contribution in [2.75, 3.05) is 13.7 Å². The molecule has 2 aromatic rings. The second-order valence-corrected chi connectivity index (χ2v) is 5.93. The Morgan fingerprint density at radius 1 is 1.25 bits per heavy atom. The number of aromatic nitrogens is 1. The van der Waals surface area contributed by atoms with Crippen LogP contribution in [0.5, 0.6) is 0 Å². The number of aryl methyl sites for hydroxylation is 2. The fourth-order valence-electron chi connectivity index (χ4n) is 2.47. The van der Waals surface area contributed by atoms with E-state index >= 15 is 0 Å². The number of nitrogens with one attached hydrogen (secondary N) is 2. The van der Waals surface area contributed by atoms with E-state index in [0.717, 1.165) is 23.2 Å². The molecule has 128 valence electrons. The highest BCUT2D eigenvalue weighted by Crippen LogP contribution is 2.18. The molecular weight excluding hydrogens is 304 g/mol. The van der Waals surface area contributed by atoms with Crippen LogP contribution in [0.2, 0.25) is 0 Å². The van der Waals surface area contributed by atoms with Gasteiger partial charge in [-0.25, -0.2) is 0 Å². The molecule has 0 saturated carbocycles.